The quantitative estimate of drug-likeness (QED) is 0.228. The minimum Gasteiger partial charge on any atom is -0.493 e. The van der Waals surface area contributed by atoms with Crippen LogP contribution in [0.5, 0.6) is 5.75 Å². The van der Waals surface area contributed by atoms with Crippen LogP contribution in [0.4, 0.5) is 5.69 Å². The molecule has 0 unspecified atom stereocenters. The van der Waals surface area contributed by atoms with Crippen molar-refractivity contribution in [1.29, 1.82) is 0 Å². The first-order chi connectivity index (χ1) is 14.2. The molecule has 2 aromatic rings. The number of guanidine groups is 1. The van der Waals surface area contributed by atoms with Crippen LogP contribution < -0.4 is 20.7 Å². The second-order valence-electron chi connectivity index (χ2n) is 6.69. The molecule has 0 spiro atoms. The Morgan fingerprint density at radius 2 is 2.10 bits per heavy atom. The Morgan fingerprint density at radius 1 is 1.23 bits per heavy atom. The van der Waals surface area contributed by atoms with Gasteiger partial charge in [0.25, 0.3) is 0 Å². The summed E-state index contributed by atoms with van der Waals surface area (Å²) >= 11 is 0. The normalized spacial score (nSPS) is 12.1. The molecule has 30 heavy (non-hydrogen) atoms. The molecular formula is C23H27IN4O2. The highest BCUT2D eigenvalue weighted by atomic mass is 127. The van der Waals surface area contributed by atoms with E-state index in [1.807, 2.05) is 25.1 Å². The molecule has 0 fully saturated rings. The van der Waals surface area contributed by atoms with Crippen molar-refractivity contribution in [3.63, 3.8) is 0 Å². The van der Waals surface area contributed by atoms with Crippen molar-refractivity contribution in [3.05, 3.63) is 59.2 Å². The fraction of sp³-hybridized carbons (Fsp3) is 0.304. The number of ether oxygens (including phenoxy) is 1. The second-order valence-corrected chi connectivity index (χ2v) is 6.69. The zero-order valence-corrected chi connectivity index (χ0v) is 19.4. The van der Waals surface area contributed by atoms with Gasteiger partial charge in [0, 0.05) is 30.8 Å². The van der Waals surface area contributed by atoms with Gasteiger partial charge in [-0.2, -0.15) is 0 Å². The van der Waals surface area contributed by atoms with Crippen LogP contribution in [0.2, 0.25) is 0 Å². The number of nitrogens with one attached hydrogen (secondary N) is 3. The average Bonchev–Trinajstić information content (AvgIpc) is 3.20. The predicted octanol–water partition coefficient (Wildman–Crippen LogP) is 2.96. The lowest BCUT2D eigenvalue weighted by Gasteiger charge is -2.12. The summed E-state index contributed by atoms with van der Waals surface area (Å²) in [6.07, 6.45) is 7.23. The summed E-state index contributed by atoms with van der Waals surface area (Å²) in [5, 5.41) is 9.25. The number of nitrogens with zero attached hydrogens (tertiary/aromatic N) is 1. The van der Waals surface area contributed by atoms with Crippen LogP contribution in [0.15, 0.2) is 47.5 Å². The van der Waals surface area contributed by atoms with E-state index in [4.69, 9.17) is 11.2 Å². The number of hydrogen-bond acceptors (Lipinski definition) is 3. The van der Waals surface area contributed by atoms with Gasteiger partial charge in [-0.05, 0) is 48.7 Å². The first-order valence-corrected chi connectivity index (χ1v) is 9.81. The van der Waals surface area contributed by atoms with Crippen LogP contribution >= 0.6 is 24.0 Å². The minimum absolute atomic E-state index is 0. The van der Waals surface area contributed by atoms with E-state index < -0.39 is 0 Å². The van der Waals surface area contributed by atoms with E-state index in [0.29, 0.717) is 18.2 Å². The molecule has 0 radical (unpaired) electrons. The molecule has 0 saturated heterocycles. The van der Waals surface area contributed by atoms with Crippen LogP contribution in [0, 0.1) is 12.3 Å². The van der Waals surface area contributed by atoms with E-state index in [2.05, 4.69) is 39.0 Å². The molecule has 1 heterocycles. The van der Waals surface area contributed by atoms with Crippen molar-refractivity contribution >= 4 is 41.5 Å². The summed E-state index contributed by atoms with van der Waals surface area (Å²) in [4.78, 5) is 16.6. The van der Waals surface area contributed by atoms with E-state index in [1.54, 1.807) is 12.1 Å². The van der Waals surface area contributed by atoms with Crippen molar-refractivity contribution in [2.45, 2.75) is 19.8 Å². The molecule has 2 aromatic carbocycles. The SMILES string of the molecule is C#Cc1cccc(NC(=O)CN=C(NCC)NCCc2ccc3c(c2)CCO3)c1.I. The highest BCUT2D eigenvalue weighted by molar-refractivity contribution is 14.0. The standard InChI is InChI=1S/C23H26N4O2.HI/c1-3-17-6-5-7-20(15-17)27-22(28)16-26-23(24-4-2)25-12-10-18-8-9-21-19(14-18)11-13-29-21;/h1,5-9,14-15H,4,10-13,16H2,2H3,(H,27,28)(H2,24,25,26);1H. The Balaban J connectivity index is 0.00000320. The molecule has 158 valence electrons. The maximum Gasteiger partial charge on any atom is 0.246 e. The smallest absolute Gasteiger partial charge is 0.246 e. The minimum atomic E-state index is -0.199. The highest BCUT2D eigenvalue weighted by Gasteiger charge is 2.11. The molecule has 1 aliphatic heterocycles. The van der Waals surface area contributed by atoms with Gasteiger partial charge in [0.05, 0.1) is 6.61 Å². The van der Waals surface area contributed by atoms with Crippen molar-refractivity contribution in [2.24, 2.45) is 4.99 Å². The van der Waals surface area contributed by atoms with Gasteiger partial charge in [0.15, 0.2) is 5.96 Å². The van der Waals surface area contributed by atoms with Gasteiger partial charge in [-0.1, -0.05) is 24.1 Å². The lowest BCUT2D eigenvalue weighted by Crippen LogP contribution is -2.39. The van der Waals surface area contributed by atoms with Gasteiger partial charge in [-0.3, -0.25) is 4.79 Å². The summed E-state index contributed by atoms with van der Waals surface area (Å²) in [6.45, 7) is 4.21. The number of fused-ring (bicyclic) bond motifs is 1. The number of benzene rings is 2. The monoisotopic (exact) mass is 518 g/mol. The summed E-state index contributed by atoms with van der Waals surface area (Å²) < 4.78 is 5.55. The molecule has 3 rings (SSSR count). The van der Waals surface area contributed by atoms with E-state index >= 15 is 0 Å². The van der Waals surface area contributed by atoms with Crippen molar-refractivity contribution < 1.29 is 9.53 Å². The fourth-order valence-electron chi connectivity index (χ4n) is 3.10. The van der Waals surface area contributed by atoms with Crippen LogP contribution in [-0.2, 0) is 17.6 Å². The molecule has 3 N–H and O–H groups in total. The first kappa shape index (κ1) is 23.5. The lowest BCUT2D eigenvalue weighted by atomic mass is 10.1. The average molecular weight is 518 g/mol. The van der Waals surface area contributed by atoms with E-state index in [1.165, 1.54) is 11.1 Å². The maximum absolute atomic E-state index is 12.2. The Kier molecular flexibility index (Phi) is 9.48. The van der Waals surface area contributed by atoms with E-state index in [9.17, 15) is 4.79 Å². The van der Waals surface area contributed by atoms with Gasteiger partial charge >= 0.3 is 0 Å². The number of carbonyl (C=O) groups excluding carboxylic acids is 1. The molecule has 0 bridgehead atoms. The molecule has 1 aliphatic rings. The van der Waals surface area contributed by atoms with Crippen molar-refractivity contribution in [1.82, 2.24) is 10.6 Å². The van der Waals surface area contributed by atoms with Crippen LogP contribution in [0.25, 0.3) is 0 Å². The van der Waals surface area contributed by atoms with Gasteiger partial charge in [0.1, 0.15) is 12.3 Å². The summed E-state index contributed by atoms with van der Waals surface area (Å²) in [5.41, 5.74) is 3.91. The van der Waals surface area contributed by atoms with Crippen LogP contribution in [-0.4, -0.2) is 38.1 Å². The summed E-state index contributed by atoms with van der Waals surface area (Å²) in [7, 11) is 0. The molecule has 1 amide bonds. The number of aliphatic imine (C=N–C) groups is 1. The van der Waals surface area contributed by atoms with Crippen molar-refractivity contribution in [2.75, 3.05) is 31.6 Å². The third kappa shape index (κ3) is 6.95. The topological polar surface area (TPSA) is 74.8 Å². The zero-order chi connectivity index (χ0) is 20.5. The number of terminal acetylenes is 1. The Bertz CT molecular complexity index is 937. The molecule has 0 saturated carbocycles. The van der Waals surface area contributed by atoms with Gasteiger partial charge < -0.3 is 20.7 Å². The van der Waals surface area contributed by atoms with Crippen molar-refractivity contribution in [3.8, 4) is 18.1 Å². The zero-order valence-electron chi connectivity index (χ0n) is 17.0. The number of anilines is 1. The van der Waals surface area contributed by atoms with Crippen LogP contribution in [0.1, 0.15) is 23.6 Å². The number of halogens is 1. The molecule has 0 aromatic heterocycles. The number of carbonyl (C=O) groups is 1. The summed E-state index contributed by atoms with van der Waals surface area (Å²) in [6, 6.07) is 13.5. The molecule has 7 heteroatoms. The lowest BCUT2D eigenvalue weighted by molar-refractivity contribution is -0.114. The van der Waals surface area contributed by atoms with Gasteiger partial charge in [0.2, 0.25) is 5.91 Å². The van der Waals surface area contributed by atoms with Gasteiger partial charge in [-0.25, -0.2) is 4.99 Å². The van der Waals surface area contributed by atoms with E-state index in [-0.39, 0.29) is 36.4 Å². The highest BCUT2D eigenvalue weighted by Crippen LogP contribution is 2.25. The molecule has 0 atom stereocenters. The fourth-order valence-corrected chi connectivity index (χ4v) is 3.10. The Labute approximate surface area is 194 Å². The molecule has 6 nitrogen and oxygen atoms in total. The molecule has 0 aliphatic carbocycles. The Hall–Kier alpha value is -2.73. The number of hydrogen-bond donors (Lipinski definition) is 3. The number of rotatable bonds is 7. The van der Waals surface area contributed by atoms with Crippen LogP contribution in [0.3, 0.4) is 0 Å². The first-order valence-electron chi connectivity index (χ1n) is 9.81. The number of amides is 1. The Morgan fingerprint density at radius 3 is 2.90 bits per heavy atom. The summed E-state index contributed by atoms with van der Waals surface area (Å²) in [5.74, 6) is 3.96. The van der Waals surface area contributed by atoms with Gasteiger partial charge in [-0.15, -0.1) is 30.4 Å². The largest absolute Gasteiger partial charge is 0.493 e. The predicted molar refractivity (Wildman–Crippen MR) is 132 cm³/mol. The third-order valence-electron chi connectivity index (χ3n) is 4.50. The molecular weight excluding hydrogens is 491 g/mol. The maximum atomic E-state index is 12.2. The van der Waals surface area contributed by atoms with E-state index in [0.717, 1.165) is 37.3 Å². The second kappa shape index (κ2) is 12.1. The third-order valence-corrected chi connectivity index (χ3v) is 4.50.